The second kappa shape index (κ2) is 16.0. The highest BCUT2D eigenvalue weighted by atomic mass is 15.2. The molecule has 0 bridgehead atoms. The fourth-order valence-electron chi connectivity index (χ4n) is 13.1. The number of para-hydroxylation sites is 8. The summed E-state index contributed by atoms with van der Waals surface area (Å²) in [5, 5.41) is 18.7. The maximum atomic E-state index is 12.2. The Hall–Kier alpha value is -10.5. The van der Waals surface area contributed by atoms with Crippen LogP contribution >= 0.6 is 0 Å². The van der Waals surface area contributed by atoms with E-state index in [-0.39, 0.29) is 6.71 Å². The predicted octanol–water partition coefficient (Wildman–Crippen LogP) is 15.5. The smallest absolute Gasteiger partial charge is 0.250 e. The lowest BCUT2D eigenvalue weighted by Crippen LogP contribution is -2.59. The summed E-state index contributed by atoms with van der Waals surface area (Å²) in [5.74, 6) is 0. The molecule has 76 heavy (non-hydrogen) atoms. The number of aromatic nitrogens is 3. The van der Waals surface area contributed by atoms with E-state index in [1.807, 2.05) is 24.3 Å². The number of hydrogen-bond donors (Lipinski definition) is 0. The third-order valence-corrected chi connectivity index (χ3v) is 16.0. The van der Waals surface area contributed by atoms with Crippen molar-refractivity contribution < 1.29 is 0 Å². The maximum Gasteiger partial charge on any atom is 0.250 e. The first kappa shape index (κ1) is 42.0. The summed E-state index contributed by atoms with van der Waals surface area (Å²) in [6, 6.07) is 88.5. The standard InChI is InChI=1S/C68H40BN7/c1-71-63-67(55(42-70)66-62-68(63)76-59-35-17-15-29-50(59)52-31-19-33-57(65(52)76)69(62)56-32-18-30-51-49-28-14-16-34-58(49)75(66)64(51)56)74-60-38-36-47(72(43-20-6-2-7-21-43)44-22-8-3-9-23-44)40-53(60)54-41-48(37-39-61(54)74)73(45-24-10-4-11-25-45)46-26-12-5-13-27-46/h2-41H. The first-order chi connectivity index (χ1) is 37.7. The van der Waals surface area contributed by atoms with E-state index < -0.39 is 0 Å². The largest absolute Gasteiger partial charge is 0.320 e. The van der Waals surface area contributed by atoms with Gasteiger partial charge in [0.1, 0.15) is 6.07 Å². The van der Waals surface area contributed by atoms with Crippen molar-refractivity contribution in [2.45, 2.75) is 0 Å². The second-order valence-corrected chi connectivity index (χ2v) is 19.8. The number of fused-ring (bicyclic) bond motifs is 13. The van der Waals surface area contributed by atoms with Crippen LogP contribution in [0.2, 0.25) is 0 Å². The molecular formula is C68H40BN7. The van der Waals surface area contributed by atoms with Gasteiger partial charge < -0.3 is 23.5 Å². The van der Waals surface area contributed by atoms with Crippen LogP contribution < -0.4 is 26.2 Å². The number of nitriles is 1. The molecular weight excluding hydrogens is 926 g/mol. The van der Waals surface area contributed by atoms with Crippen molar-refractivity contribution in [2.75, 3.05) is 9.80 Å². The van der Waals surface area contributed by atoms with Gasteiger partial charge in [0.2, 0.25) is 5.69 Å². The molecule has 5 heterocycles. The average molecular weight is 966 g/mol. The molecule has 8 heteroatoms. The van der Waals surface area contributed by atoms with Crippen molar-refractivity contribution in [3.05, 3.63) is 260 Å². The molecule has 0 radical (unpaired) electrons. The van der Waals surface area contributed by atoms with E-state index >= 15 is 0 Å². The van der Waals surface area contributed by atoms with Crippen molar-refractivity contribution >= 4 is 128 Å². The highest BCUT2D eigenvalue weighted by Crippen LogP contribution is 2.50. The molecule has 11 aromatic carbocycles. The second-order valence-electron chi connectivity index (χ2n) is 19.8. The molecule has 350 valence electrons. The zero-order valence-electron chi connectivity index (χ0n) is 40.8. The van der Waals surface area contributed by atoms with Crippen LogP contribution in [0.1, 0.15) is 5.56 Å². The lowest BCUT2D eigenvalue weighted by molar-refractivity contribution is 1.10. The van der Waals surface area contributed by atoms with Crippen LogP contribution in [0.5, 0.6) is 0 Å². The highest BCUT2D eigenvalue weighted by Gasteiger charge is 2.44. The lowest BCUT2D eigenvalue weighted by atomic mass is 9.34. The van der Waals surface area contributed by atoms with Gasteiger partial charge >= 0.3 is 0 Å². The minimum absolute atomic E-state index is 0.250. The van der Waals surface area contributed by atoms with E-state index in [1.165, 1.54) is 10.9 Å². The van der Waals surface area contributed by atoms with Crippen LogP contribution in [0.25, 0.3) is 87.3 Å². The summed E-state index contributed by atoms with van der Waals surface area (Å²) in [7, 11) is 0. The van der Waals surface area contributed by atoms with Gasteiger partial charge in [0.05, 0.1) is 51.3 Å². The van der Waals surface area contributed by atoms with Crippen LogP contribution in [-0.4, -0.2) is 20.4 Å². The summed E-state index contributed by atoms with van der Waals surface area (Å²) < 4.78 is 6.93. The van der Waals surface area contributed by atoms with Crippen molar-refractivity contribution in [1.29, 1.82) is 5.26 Å². The van der Waals surface area contributed by atoms with Gasteiger partial charge in [-0.3, -0.25) is 0 Å². The highest BCUT2D eigenvalue weighted by molar-refractivity contribution is 7.00. The molecule has 14 aromatic rings. The summed E-state index contributed by atoms with van der Waals surface area (Å²) in [4.78, 5) is 9.26. The van der Waals surface area contributed by atoms with Crippen LogP contribution in [0.15, 0.2) is 243 Å². The normalized spacial score (nSPS) is 12.2. The Kier molecular flexibility index (Phi) is 8.84. The fraction of sp³-hybridized carbons (Fsp3) is 0. The summed E-state index contributed by atoms with van der Waals surface area (Å²) in [6.45, 7) is 9.30. The van der Waals surface area contributed by atoms with E-state index in [4.69, 9.17) is 0 Å². The zero-order chi connectivity index (χ0) is 50.2. The van der Waals surface area contributed by atoms with Gasteiger partial charge in [-0.05, 0) is 113 Å². The Bertz CT molecular complexity index is 4470. The number of anilines is 6. The van der Waals surface area contributed by atoms with Crippen LogP contribution in [0.4, 0.5) is 39.8 Å². The molecule has 0 N–H and O–H groups in total. The molecule has 0 amide bonds. The first-order valence-corrected chi connectivity index (χ1v) is 25.7. The van der Waals surface area contributed by atoms with Crippen molar-refractivity contribution in [3.63, 3.8) is 0 Å². The van der Waals surface area contributed by atoms with Crippen molar-refractivity contribution in [1.82, 2.24) is 13.7 Å². The third kappa shape index (κ3) is 5.64. The molecule has 0 aliphatic carbocycles. The van der Waals surface area contributed by atoms with Gasteiger partial charge in [-0.1, -0.05) is 146 Å². The molecule has 0 spiro atoms. The molecule has 0 saturated carbocycles. The zero-order valence-corrected chi connectivity index (χ0v) is 40.8. The monoisotopic (exact) mass is 965 g/mol. The first-order valence-electron chi connectivity index (χ1n) is 25.7. The number of nitrogens with zero attached hydrogens (tertiary/aromatic N) is 7. The van der Waals surface area contributed by atoms with E-state index in [9.17, 15) is 11.8 Å². The fourth-order valence-corrected chi connectivity index (χ4v) is 13.1. The van der Waals surface area contributed by atoms with Crippen LogP contribution in [0.3, 0.4) is 0 Å². The van der Waals surface area contributed by atoms with Gasteiger partial charge in [-0.2, -0.15) is 5.26 Å². The van der Waals surface area contributed by atoms with E-state index in [1.54, 1.807) is 0 Å². The van der Waals surface area contributed by atoms with Gasteiger partial charge in [-0.25, -0.2) is 4.85 Å². The Morgan fingerprint density at radius 2 is 0.763 bits per heavy atom. The van der Waals surface area contributed by atoms with Gasteiger partial charge in [0.15, 0.2) is 0 Å². The van der Waals surface area contributed by atoms with Gasteiger partial charge in [-0.15, -0.1) is 0 Å². The molecule has 2 aliphatic heterocycles. The molecule has 0 saturated heterocycles. The maximum absolute atomic E-state index is 12.2. The summed E-state index contributed by atoms with van der Waals surface area (Å²) >= 11 is 0. The van der Waals surface area contributed by atoms with Crippen LogP contribution in [0, 0.1) is 17.9 Å². The van der Waals surface area contributed by atoms with E-state index in [0.717, 1.165) is 116 Å². The molecule has 3 aromatic heterocycles. The molecule has 0 fully saturated rings. The van der Waals surface area contributed by atoms with Crippen molar-refractivity contribution in [2.24, 2.45) is 0 Å². The lowest BCUT2D eigenvalue weighted by Gasteiger charge is -2.36. The van der Waals surface area contributed by atoms with E-state index in [2.05, 4.69) is 253 Å². The molecule has 7 nitrogen and oxygen atoms in total. The summed E-state index contributed by atoms with van der Waals surface area (Å²) in [5.41, 5.74) is 18.4. The minimum Gasteiger partial charge on any atom is -0.320 e. The molecule has 16 rings (SSSR count). The third-order valence-electron chi connectivity index (χ3n) is 16.0. The Morgan fingerprint density at radius 1 is 0.368 bits per heavy atom. The van der Waals surface area contributed by atoms with Gasteiger partial charge in [0, 0.05) is 77.5 Å². The van der Waals surface area contributed by atoms with Crippen LogP contribution in [-0.2, 0) is 0 Å². The quantitative estimate of drug-likeness (QED) is 0.118. The molecule has 0 atom stereocenters. The molecule has 0 unspecified atom stereocenters. The summed E-state index contributed by atoms with van der Waals surface area (Å²) in [6.07, 6.45) is 0. The Labute approximate surface area is 437 Å². The number of hydrogen-bond acceptors (Lipinski definition) is 3. The SMILES string of the molecule is [C-]#[N+]c1c(-n2c3ccc(N(c4ccccc4)c4ccccc4)cc3c3cc(N(c4ccccc4)c4ccccc4)ccc32)c(C#N)c2c3c1-n1c4ccccc4c4cccc(c41)B3c1cccc3c4ccccc4n-2c13. The number of benzene rings is 11. The Morgan fingerprint density at radius 3 is 1.20 bits per heavy atom. The van der Waals surface area contributed by atoms with Crippen molar-refractivity contribution in [3.8, 4) is 23.1 Å². The number of rotatable bonds is 7. The average Bonchev–Trinajstić information content (AvgIpc) is 4.30. The van der Waals surface area contributed by atoms with E-state index in [0.29, 0.717) is 16.9 Å². The molecule has 2 aliphatic rings. The minimum atomic E-state index is -0.250. The van der Waals surface area contributed by atoms with Gasteiger partial charge in [0.25, 0.3) is 6.71 Å². The predicted molar refractivity (Wildman–Crippen MR) is 314 cm³/mol. The Balaban J connectivity index is 1.08. The topological polar surface area (TPSA) is 49.4 Å².